The number of halogens is 1. The Morgan fingerprint density at radius 1 is 1.57 bits per heavy atom. The highest BCUT2D eigenvalue weighted by Crippen LogP contribution is 2.40. The number of ether oxygens (including phenoxy) is 1. The second-order valence-corrected chi connectivity index (χ2v) is 3.69. The molecule has 0 spiro atoms. The second kappa shape index (κ2) is 3.24. The van der Waals surface area contributed by atoms with Crippen molar-refractivity contribution in [3.05, 3.63) is 29.3 Å². The third kappa shape index (κ3) is 1.28. The van der Waals surface area contributed by atoms with E-state index < -0.39 is 5.67 Å². The van der Waals surface area contributed by atoms with Crippen LogP contribution in [0.25, 0.3) is 0 Å². The van der Waals surface area contributed by atoms with Crippen LogP contribution in [0, 0.1) is 0 Å². The molecule has 2 rings (SSSR count). The molecule has 0 saturated carbocycles. The molecule has 0 saturated heterocycles. The van der Waals surface area contributed by atoms with Gasteiger partial charge < -0.3 is 10.5 Å². The molecule has 0 heterocycles. The van der Waals surface area contributed by atoms with Crippen LogP contribution in [0.5, 0.6) is 5.75 Å². The largest absolute Gasteiger partial charge is 0.497 e. The summed E-state index contributed by atoms with van der Waals surface area (Å²) < 4.78 is 19.2. The summed E-state index contributed by atoms with van der Waals surface area (Å²) in [7, 11) is 1.61. The van der Waals surface area contributed by atoms with Crippen LogP contribution in [-0.2, 0) is 12.1 Å². The van der Waals surface area contributed by atoms with E-state index in [0.717, 1.165) is 23.3 Å². The van der Waals surface area contributed by atoms with Gasteiger partial charge in [0.15, 0.2) is 0 Å². The number of aryl methyl sites for hydroxylation is 1. The summed E-state index contributed by atoms with van der Waals surface area (Å²) in [5.41, 5.74) is 5.89. The zero-order valence-electron chi connectivity index (χ0n) is 8.22. The quantitative estimate of drug-likeness (QED) is 0.780. The molecule has 0 amide bonds. The normalized spacial score (nSPS) is 24.8. The van der Waals surface area contributed by atoms with E-state index in [2.05, 4.69) is 0 Å². The van der Waals surface area contributed by atoms with Crippen molar-refractivity contribution in [2.75, 3.05) is 13.7 Å². The highest BCUT2D eigenvalue weighted by molar-refractivity contribution is 5.42. The summed E-state index contributed by atoms with van der Waals surface area (Å²) >= 11 is 0. The molecular formula is C11H14FNO. The maximum absolute atomic E-state index is 14.1. The Morgan fingerprint density at radius 3 is 3.00 bits per heavy atom. The van der Waals surface area contributed by atoms with Crippen molar-refractivity contribution in [1.29, 1.82) is 0 Å². The molecule has 76 valence electrons. The maximum Gasteiger partial charge on any atom is 0.148 e. The molecule has 0 radical (unpaired) electrons. The van der Waals surface area contributed by atoms with Crippen LogP contribution in [0.3, 0.4) is 0 Å². The molecule has 1 atom stereocenters. The fourth-order valence-corrected chi connectivity index (χ4v) is 2.02. The zero-order chi connectivity index (χ0) is 10.2. The van der Waals surface area contributed by atoms with Gasteiger partial charge in [0.05, 0.1) is 7.11 Å². The lowest BCUT2D eigenvalue weighted by molar-refractivity contribution is 0.177. The van der Waals surface area contributed by atoms with Gasteiger partial charge in [-0.05, 0) is 36.1 Å². The van der Waals surface area contributed by atoms with Crippen LogP contribution in [0.2, 0.25) is 0 Å². The van der Waals surface area contributed by atoms with Gasteiger partial charge in [-0.3, -0.25) is 0 Å². The molecule has 0 aliphatic heterocycles. The molecule has 2 N–H and O–H groups in total. The van der Waals surface area contributed by atoms with Crippen LogP contribution in [0.1, 0.15) is 17.5 Å². The summed E-state index contributed by atoms with van der Waals surface area (Å²) in [4.78, 5) is 0. The van der Waals surface area contributed by atoms with Gasteiger partial charge in [0, 0.05) is 6.54 Å². The fraction of sp³-hybridized carbons (Fsp3) is 0.455. The van der Waals surface area contributed by atoms with Crippen molar-refractivity contribution < 1.29 is 9.13 Å². The molecule has 2 nitrogen and oxygen atoms in total. The number of methoxy groups -OCH3 is 1. The van der Waals surface area contributed by atoms with Crippen LogP contribution in [0.4, 0.5) is 4.39 Å². The van der Waals surface area contributed by atoms with E-state index in [1.165, 1.54) is 0 Å². The summed E-state index contributed by atoms with van der Waals surface area (Å²) in [6.45, 7) is 0.0618. The summed E-state index contributed by atoms with van der Waals surface area (Å²) in [5, 5.41) is 0. The highest BCUT2D eigenvalue weighted by Gasteiger charge is 2.37. The van der Waals surface area contributed by atoms with Gasteiger partial charge in [-0.15, -0.1) is 0 Å². The third-order valence-corrected chi connectivity index (χ3v) is 2.91. The Bertz CT molecular complexity index is 353. The molecule has 3 heteroatoms. The van der Waals surface area contributed by atoms with Crippen LogP contribution in [-0.4, -0.2) is 13.7 Å². The minimum absolute atomic E-state index is 0.0618. The minimum Gasteiger partial charge on any atom is -0.497 e. The van der Waals surface area contributed by atoms with Crippen molar-refractivity contribution in [3.63, 3.8) is 0 Å². The third-order valence-electron chi connectivity index (χ3n) is 2.91. The van der Waals surface area contributed by atoms with Gasteiger partial charge in [0.25, 0.3) is 0 Å². The first-order valence-electron chi connectivity index (χ1n) is 4.76. The number of hydrogen-bond donors (Lipinski definition) is 1. The molecule has 1 unspecified atom stereocenters. The van der Waals surface area contributed by atoms with Gasteiger partial charge in [-0.1, -0.05) is 6.07 Å². The van der Waals surface area contributed by atoms with Crippen molar-refractivity contribution >= 4 is 0 Å². The van der Waals surface area contributed by atoms with E-state index >= 15 is 0 Å². The average Bonchev–Trinajstić information content (AvgIpc) is 2.57. The summed E-state index contributed by atoms with van der Waals surface area (Å²) in [5.74, 6) is 0.782. The number of fused-ring (bicyclic) bond motifs is 1. The van der Waals surface area contributed by atoms with E-state index in [1.54, 1.807) is 19.2 Å². The molecule has 1 aliphatic rings. The zero-order valence-corrected chi connectivity index (χ0v) is 8.22. The summed E-state index contributed by atoms with van der Waals surface area (Å²) in [6.07, 6.45) is 1.24. The number of benzene rings is 1. The summed E-state index contributed by atoms with van der Waals surface area (Å²) in [6, 6.07) is 5.47. The molecule has 0 bridgehead atoms. The van der Waals surface area contributed by atoms with Crippen LogP contribution in [0.15, 0.2) is 18.2 Å². The van der Waals surface area contributed by atoms with E-state index in [-0.39, 0.29) is 6.54 Å². The van der Waals surface area contributed by atoms with Crippen molar-refractivity contribution in [2.45, 2.75) is 18.5 Å². The minimum atomic E-state index is -1.32. The van der Waals surface area contributed by atoms with Crippen molar-refractivity contribution in [3.8, 4) is 5.75 Å². The SMILES string of the molecule is COc1ccc2c(c1)CCC2(F)CN. The smallest absolute Gasteiger partial charge is 0.148 e. The number of hydrogen-bond acceptors (Lipinski definition) is 2. The standard InChI is InChI=1S/C11H14FNO/c1-14-9-2-3-10-8(6-9)4-5-11(10,12)7-13/h2-3,6H,4-5,7,13H2,1H3. The van der Waals surface area contributed by atoms with Gasteiger partial charge in [0.2, 0.25) is 0 Å². The van der Waals surface area contributed by atoms with Crippen molar-refractivity contribution in [2.24, 2.45) is 5.73 Å². The van der Waals surface area contributed by atoms with Crippen LogP contribution >= 0.6 is 0 Å². The number of nitrogens with two attached hydrogens (primary N) is 1. The monoisotopic (exact) mass is 195 g/mol. The molecule has 0 aromatic heterocycles. The first kappa shape index (κ1) is 9.46. The van der Waals surface area contributed by atoms with Gasteiger partial charge in [-0.25, -0.2) is 4.39 Å². The van der Waals surface area contributed by atoms with Gasteiger partial charge in [-0.2, -0.15) is 0 Å². The van der Waals surface area contributed by atoms with Gasteiger partial charge >= 0.3 is 0 Å². The predicted molar refractivity (Wildman–Crippen MR) is 53.2 cm³/mol. The highest BCUT2D eigenvalue weighted by atomic mass is 19.1. The lowest BCUT2D eigenvalue weighted by Crippen LogP contribution is -2.27. The lowest BCUT2D eigenvalue weighted by Gasteiger charge is -2.18. The first-order valence-corrected chi connectivity index (χ1v) is 4.76. The Hall–Kier alpha value is -1.09. The van der Waals surface area contributed by atoms with Gasteiger partial charge in [0.1, 0.15) is 11.4 Å². The first-order chi connectivity index (χ1) is 6.69. The molecule has 0 fully saturated rings. The molecule has 1 aliphatic carbocycles. The second-order valence-electron chi connectivity index (χ2n) is 3.69. The molecule has 1 aromatic rings. The number of alkyl halides is 1. The lowest BCUT2D eigenvalue weighted by atomic mass is 9.98. The fourth-order valence-electron chi connectivity index (χ4n) is 2.02. The Balaban J connectivity index is 2.43. The molecule has 1 aromatic carbocycles. The maximum atomic E-state index is 14.1. The van der Waals surface area contributed by atoms with Crippen molar-refractivity contribution in [1.82, 2.24) is 0 Å². The predicted octanol–water partition coefficient (Wildman–Crippen LogP) is 1.76. The molecule has 14 heavy (non-hydrogen) atoms. The average molecular weight is 195 g/mol. The van der Waals surface area contributed by atoms with E-state index in [9.17, 15) is 4.39 Å². The Labute approximate surface area is 82.9 Å². The number of rotatable bonds is 2. The Morgan fingerprint density at radius 2 is 2.36 bits per heavy atom. The topological polar surface area (TPSA) is 35.2 Å². The Kier molecular flexibility index (Phi) is 2.19. The molecular weight excluding hydrogens is 181 g/mol. The van der Waals surface area contributed by atoms with Crippen LogP contribution < -0.4 is 10.5 Å². The van der Waals surface area contributed by atoms with E-state index in [0.29, 0.717) is 6.42 Å². The van der Waals surface area contributed by atoms with E-state index in [1.807, 2.05) is 6.07 Å². The van der Waals surface area contributed by atoms with E-state index in [4.69, 9.17) is 10.5 Å².